The van der Waals surface area contributed by atoms with E-state index >= 15 is 0 Å². The molecule has 8 rings (SSSR count). The fourth-order valence-electron chi connectivity index (χ4n) is 6.06. The normalized spacial score (nSPS) is 12.0. The summed E-state index contributed by atoms with van der Waals surface area (Å²) < 4.78 is 6.78. The van der Waals surface area contributed by atoms with Gasteiger partial charge in [-0.1, -0.05) is 121 Å². The van der Waals surface area contributed by atoms with Crippen LogP contribution in [0, 0.1) is 0 Å². The van der Waals surface area contributed by atoms with Crippen LogP contribution in [0.25, 0.3) is 44.2 Å². The van der Waals surface area contributed by atoms with Gasteiger partial charge < -0.3 is 9.64 Å². The van der Waals surface area contributed by atoms with Crippen LogP contribution >= 0.6 is 0 Å². The molecule has 2 heteroatoms. The molecule has 0 spiro atoms. The minimum atomic E-state index is 0.812. The molecule has 1 heterocycles. The molecule has 7 aromatic rings. The Bertz CT molecular complexity index is 2040. The average molecular weight is 538 g/mol. The summed E-state index contributed by atoms with van der Waals surface area (Å²) in [6, 6.07) is 57.9. The van der Waals surface area contributed by atoms with Crippen molar-refractivity contribution >= 4 is 27.8 Å². The van der Waals surface area contributed by atoms with Gasteiger partial charge in [0, 0.05) is 16.6 Å². The van der Waals surface area contributed by atoms with Gasteiger partial charge in [-0.25, -0.2) is 0 Å². The van der Waals surface area contributed by atoms with Crippen LogP contribution in [0.1, 0.15) is 0 Å². The fourth-order valence-corrected chi connectivity index (χ4v) is 6.06. The Kier molecular flexibility index (Phi) is 5.82. The monoisotopic (exact) mass is 537 g/mol. The van der Waals surface area contributed by atoms with E-state index in [0.717, 1.165) is 50.5 Å². The quantitative estimate of drug-likeness (QED) is 0.222. The molecule has 42 heavy (non-hydrogen) atoms. The van der Waals surface area contributed by atoms with Crippen molar-refractivity contribution in [3.8, 4) is 44.9 Å². The van der Waals surface area contributed by atoms with E-state index in [9.17, 15) is 0 Å². The van der Waals surface area contributed by atoms with Crippen molar-refractivity contribution in [1.29, 1.82) is 0 Å². The standard InChI is InChI=1S/C40H27NO/c1-3-11-28(12-4-1)30-21-24-33(25-22-30)41-36-26-23-32(29-13-5-2-6-14-29)27-35(36)34-17-9-15-31-16-10-20-39(40(31)34)42-38-19-8-7-18-37(38)41/h1-27H. The molecule has 2 nitrogen and oxygen atoms in total. The largest absolute Gasteiger partial charge is 0.454 e. The van der Waals surface area contributed by atoms with E-state index in [2.05, 4.69) is 163 Å². The van der Waals surface area contributed by atoms with E-state index < -0.39 is 0 Å². The molecule has 0 atom stereocenters. The van der Waals surface area contributed by atoms with Crippen molar-refractivity contribution in [3.63, 3.8) is 0 Å². The average Bonchev–Trinajstić information content (AvgIpc) is 3.11. The summed E-state index contributed by atoms with van der Waals surface area (Å²) in [4.78, 5) is 2.33. The highest BCUT2D eigenvalue weighted by Crippen LogP contribution is 2.50. The summed E-state index contributed by atoms with van der Waals surface area (Å²) in [6.45, 7) is 0. The number of para-hydroxylation sites is 2. The summed E-state index contributed by atoms with van der Waals surface area (Å²) >= 11 is 0. The molecule has 1 aliphatic rings. The predicted molar refractivity (Wildman–Crippen MR) is 175 cm³/mol. The molecule has 7 aromatic carbocycles. The molecule has 0 bridgehead atoms. The smallest absolute Gasteiger partial charge is 0.151 e. The number of hydrogen-bond donors (Lipinski definition) is 0. The Labute approximate surface area is 245 Å². The Hall–Kier alpha value is -5.60. The zero-order valence-electron chi connectivity index (χ0n) is 22.9. The molecule has 0 fully saturated rings. The molecular weight excluding hydrogens is 510 g/mol. The lowest BCUT2D eigenvalue weighted by molar-refractivity contribution is 0.490. The van der Waals surface area contributed by atoms with Crippen molar-refractivity contribution in [1.82, 2.24) is 0 Å². The molecule has 0 amide bonds. The summed E-state index contributed by atoms with van der Waals surface area (Å²) in [5.74, 6) is 1.67. The third-order valence-corrected chi connectivity index (χ3v) is 8.06. The van der Waals surface area contributed by atoms with Crippen molar-refractivity contribution in [2.45, 2.75) is 0 Å². The number of hydrogen-bond acceptors (Lipinski definition) is 2. The molecule has 0 N–H and O–H groups in total. The maximum atomic E-state index is 6.78. The fraction of sp³-hybridized carbons (Fsp3) is 0. The van der Waals surface area contributed by atoms with E-state index in [0.29, 0.717) is 0 Å². The van der Waals surface area contributed by atoms with Gasteiger partial charge in [0.15, 0.2) is 5.75 Å². The molecule has 0 saturated carbocycles. The van der Waals surface area contributed by atoms with Crippen LogP contribution in [0.2, 0.25) is 0 Å². The van der Waals surface area contributed by atoms with Crippen LogP contribution in [0.3, 0.4) is 0 Å². The zero-order valence-corrected chi connectivity index (χ0v) is 22.9. The number of benzene rings is 7. The first-order valence-electron chi connectivity index (χ1n) is 14.3. The van der Waals surface area contributed by atoms with Crippen LogP contribution in [0.15, 0.2) is 164 Å². The van der Waals surface area contributed by atoms with Gasteiger partial charge in [0.05, 0.1) is 11.4 Å². The Morgan fingerprint density at radius 2 is 0.976 bits per heavy atom. The summed E-state index contributed by atoms with van der Waals surface area (Å²) in [5, 5.41) is 2.27. The Morgan fingerprint density at radius 1 is 0.381 bits per heavy atom. The van der Waals surface area contributed by atoms with Crippen LogP contribution < -0.4 is 9.64 Å². The van der Waals surface area contributed by atoms with Crippen molar-refractivity contribution in [2.75, 3.05) is 4.90 Å². The highest BCUT2D eigenvalue weighted by molar-refractivity contribution is 6.06. The van der Waals surface area contributed by atoms with Crippen LogP contribution in [0.5, 0.6) is 11.5 Å². The van der Waals surface area contributed by atoms with Gasteiger partial charge in [-0.15, -0.1) is 0 Å². The number of fused-ring (bicyclic) bond motifs is 3. The topological polar surface area (TPSA) is 12.5 Å². The second-order valence-corrected chi connectivity index (χ2v) is 10.6. The number of ether oxygens (including phenoxy) is 1. The van der Waals surface area contributed by atoms with Gasteiger partial charge in [-0.05, 0) is 75.7 Å². The lowest BCUT2D eigenvalue weighted by atomic mass is 9.92. The highest BCUT2D eigenvalue weighted by atomic mass is 16.5. The molecule has 0 aromatic heterocycles. The van der Waals surface area contributed by atoms with Gasteiger partial charge in [0.25, 0.3) is 0 Å². The zero-order chi connectivity index (χ0) is 27.9. The minimum absolute atomic E-state index is 0.812. The Balaban J connectivity index is 1.42. The van der Waals surface area contributed by atoms with Crippen LogP contribution in [0.4, 0.5) is 17.1 Å². The van der Waals surface area contributed by atoms with Crippen LogP contribution in [-0.4, -0.2) is 0 Å². The predicted octanol–water partition coefficient (Wildman–Crippen LogP) is 11.4. The number of rotatable bonds is 3. The molecule has 0 saturated heterocycles. The van der Waals surface area contributed by atoms with E-state index in [1.165, 1.54) is 22.3 Å². The van der Waals surface area contributed by atoms with Crippen molar-refractivity contribution in [3.05, 3.63) is 164 Å². The molecule has 1 aliphatic heterocycles. The minimum Gasteiger partial charge on any atom is -0.454 e. The van der Waals surface area contributed by atoms with E-state index in [1.807, 2.05) is 6.07 Å². The lowest BCUT2D eigenvalue weighted by Crippen LogP contribution is -2.12. The molecular formula is C40H27NO. The summed E-state index contributed by atoms with van der Waals surface area (Å²) in [7, 11) is 0. The number of nitrogens with zero attached hydrogens (tertiary/aromatic N) is 1. The second kappa shape index (κ2) is 10.1. The second-order valence-electron chi connectivity index (χ2n) is 10.6. The maximum absolute atomic E-state index is 6.78. The van der Waals surface area contributed by atoms with Crippen LogP contribution in [-0.2, 0) is 0 Å². The van der Waals surface area contributed by atoms with Gasteiger partial charge in [0.2, 0.25) is 0 Å². The van der Waals surface area contributed by atoms with Gasteiger partial charge in [-0.3, -0.25) is 0 Å². The number of anilines is 3. The highest BCUT2D eigenvalue weighted by Gasteiger charge is 2.25. The van der Waals surface area contributed by atoms with E-state index in [-0.39, 0.29) is 0 Å². The SMILES string of the molecule is c1ccc(-c2ccc(N3c4ccccc4Oc4cccc5cccc(c45)-c4cc(-c5ccccc5)ccc43)cc2)cc1. The van der Waals surface area contributed by atoms with E-state index in [1.54, 1.807) is 0 Å². The molecule has 0 radical (unpaired) electrons. The third kappa shape index (κ3) is 4.13. The molecule has 0 unspecified atom stereocenters. The lowest BCUT2D eigenvalue weighted by Gasteiger charge is -2.29. The summed E-state index contributed by atoms with van der Waals surface area (Å²) in [6.07, 6.45) is 0. The first-order valence-corrected chi connectivity index (χ1v) is 14.3. The molecule has 198 valence electrons. The van der Waals surface area contributed by atoms with Crippen molar-refractivity contribution in [2.24, 2.45) is 0 Å². The Morgan fingerprint density at radius 3 is 1.74 bits per heavy atom. The van der Waals surface area contributed by atoms with Gasteiger partial charge in [-0.2, -0.15) is 0 Å². The first kappa shape index (κ1) is 24.2. The first-order chi connectivity index (χ1) is 20.8. The summed E-state index contributed by atoms with van der Waals surface area (Å²) in [5.41, 5.74) is 10.2. The maximum Gasteiger partial charge on any atom is 0.151 e. The molecule has 0 aliphatic carbocycles. The third-order valence-electron chi connectivity index (χ3n) is 8.06. The van der Waals surface area contributed by atoms with Crippen molar-refractivity contribution < 1.29 is 4.74 Å². The van der Waals surface area contributed by atoms with E-state index in [4.69, 9.17) is 4.74 Å². The van der Waals surface area contributed by atoms with Gasteiger partial charge in [0.1, 0.15) is 5.75 Å². The van der Waals surface area contributed by atoms with Gasteiger partial charge >= 0.3 is 0 Å².